The molecule has 1 aliphatic heterocycles. The number of hydrogen-bond acceptors (Lipinski definition) is 5. The molecule has 2 atom stereocenters. The lowest BCUT2D eigenvalue weighted by Gasteiger charge is -2.35. The van der Waals surface area contributed by atoms with E-state index in [0.717, 1.165) is 6.42 Å². The molecule has 1 fully saturated rings. The Balaban J connectivity index is 2.31. The SMILES string of the molecule is COc1ccc(N2CCC(C)C(O)C2)c([N+](=O)[O-])c1. The second-order valence-electron chi connectivity index (χ2n) is 4.89. The van der Waals surface area contributed by atoms with Crippen LogP contribution in [-0.2, 0) is 0 Å². The van der Waals surface area contributed by atoms with E-state index >= 15 is 0 Å². The van der Waals surface area contributed by atoms with Gasteiger partial charge in [-0.15, -0.1) is 0 Å². The molecule has 1 aromatic rings. The number of nitrogens with zero attached hydrogens (tertiary/aromatic N) is 2. The molecule has 0 bridgehead atoms. The molecule has 6 nitrogen and oxygen atoms in total. The third kappa shape index (κ3) is 2.78. The Morgan fingerprint density at radius 2 is 2.26 bits per heavy atom. The number of nitro benzene ring substituents is 1. The van der Waals surface area contributed by atoms with E-state index in [2.05, 4.69) is 0 Å². The summed E-state index contributed by atoms with van der Waals surface area (Å²) in [6.07, 6.45) is 0.375. The molecule has 0 saturated carbocycles. The van der Waals surface area contributed by atoms with Crippen LogP contribution < -0.4 is 9.64 Å². The largest absolute Gasteiger partial charge is 0.496 e. The highest BCUT2D eigenvalue weighted by Gasteiger charge is 2.28. The van der Waals surface area contributed by atoms with Crippen LogP contribution in [0, 0.1) is 16.0 Å². The average Bonchev–Trinajstić information content (AvgIpc) is 2.41. The predicted molar refractivity (Wildman–Crippen MR) is 71.6 cm³/mol. The molecular formula is C13H18N2O4. The van der Waals surface area contributed by atoms with Gasteiger partial charge >= 0.3 is 0 Å². The lowest BCUT2D eigenvalue weighted by atomic mass is 9.95. The molecule has 0 aromatic heterocycles. The van der Waals surface area contributed by atoms with E-state index in [0.29, 0.717) is 24.5 Å². The second-order valence-corrected chi connectivity index (χ2v) is 4.89. The standard InChI is InChI=1S/C13H18N2O4/c1-9-5-6-14(8-13(9)16)11-4-3-10(19-2)7-12(11)15(17)18/h3-4,7,9,13,16H,5-6,8H2,1-2H3. The molecule has 0 aliphatic carbocycles. The van der Waals surface area contributed by atoms with Crippen molar-refractivity contribution in [3.63, 3.8) is 0 Å². The van der Waals surface area contributed by atoms with Crippen molar-refractivity contribution < 1.29 is 14.8 Å². The van der Waals surface area contributed by atoms with Gasteiger partial charge in [0.05, 0.1) is 24.2 Å². The highest BCUT2D eigenvalue weighted by Crippen LogP contribution is 2.34. The van der Waals surface area contributed by atoms with E-state index < -0.39 is 11.0 Å². The summed E-state index contributed by atoms with van der Waals surface area (Å²) in [4.78, 5) is 12.6. The van der Waals surface area contributed by atoms with Gasteiger partial charge in [-0.2, -0.15) is 0 Å². The summed E-state index contributed by atoms with van der Waals surface area (Å²) in [7, 11) is 1.48. The molecule has 1 N–H and O–H groups in total. The molecule has 2 unspecified atom stereocenters. The van der Waals surface area contributed by atoms with Gasteiger partial charge in [0.2, 0.25) is 0 Å². The Bertz CT molecular complexity index is 478. The van der Waals surface area contributed by atoms with Crippen molar-refractivity contribution in [1.29, 1.82) is 0 Å². The summed E-state index contributed by atoms with van der Waals surface area (Å²) in [5.41, 5.74) is 0.554. The maximum absolute atomic E-state index is 11.1. The fourth-order valence-corrected chi connectivity index (χ4v) is 2.31. The molecule has 1 heterocycles. The number of aliphatic hydroxyl groups excluding tert-OH is 1. The van der Waals surface area contributed by atoms with Gasteiger partial charge in [-0.05, 0) is 24.5 Å². The molecule has 104 valence electrons. The third-order valence-corrected chi connectivity index (χ3v) is 3.64. The minimum Gasteiger partial charge on any atom is -0.496 e. The fourth-order valence-electron chi connectivity index (χ4n) is 2.31. The maximum Gasteiger partial charge on any atom is 0.296 e. The summed E-state index contributed by atoms with van der Waals surface area (Å²) in [6.45, 7) is 3.13. The molecule has 1 saturated heterocycles. The van der Waals surface area contributed by atoms with Gasteiger partial charge in [0.1, 0.15) is 11.4 Å². The number of rotatable bonds is 3. The van der Waals surface area contributed by atoms with E-state index in [1.807, 2.05) is 11.8 Å². The van der Waals surface area contributed by atoms with Gasteiger partial charge in [-0.25, -0.2) is 0 Å². The Hall–Kier alpha value is -1.82. The van der Waals surface area contributed by atoms with Crippen molar-refractivity contribution in [3.8, 4) is 5.75 Å². The van der Waals surface area contributed by atoms with Gasteiger partial charge in [0.15, 0.2) is 0 Å². The minimum absolute atomic E-state index is 0.0149. The minimum atomic E-state index is -0.449. The number of piperidine rings is 1. The first kappa shape index (κ1) is 13.6. The number of nitro groups is 1. The zero-order valence-corrected chi connectivity index (χ0v) is 11.1. The summed E-state index contributed by atoms with van der Waals surface area (Å²) < 4.78 is 5.01. The quantitative estimate of drug-likeness (QED) is 0.667. The number of β-amino-alcohol motifs (C(OH)–C–C–N with tert-alkyl or cyclic N) is 1. The number of benzene rings is 1. The molecule has 0 radical (unpaired) electrons. The zero-order chi connectivity index (χ0) is 14.0. The van der Waals surface area contributed by atoms with Crippen LogP contribution in [0.1, 0.15) is 13.3 Å². The van der Waals surface area contributed by atoms with Crippen molar-refractivity contribution in [2.45, 2.75) is 19.4 Å². The molecular weight excluding hydrogens is 248 g/mol. The lowest BCUT2D eigenvalue weighted by molar-refractivity contribution is -0.384. The van der Waals surface area contributed by atoms with E-state index in [9.17, 15) is 15.2 Å². The first-order valence-electron chi connectivity index (χ1n) is 6.28. The molecule has 19 heavy (non-hydrogen) atoms. The van der Waals surface area contributed by atoms with Crippen LogP contribution in [0.25, 0.3) is 0 Å². The average molecular weight is 266 g/mol. The van der Waals surface area contributed by atoms with Gasteiger partial charge in [0.25, 0.3) is 5.69 Å². The van der Waals surface area contributed by atoms with Crippen molar-refractivity contribution in [3.05, 3.63) is 28.3 Å². The van der Waals surface area contributed by atoms with E-state index in [1.54, 1.807) is 12.1 Å². The highest BCUT2D eigenvalue weighted by atomic mass is 16.6. The molecule has 0 spiro atoms. The number of methoxy groups -OCH3 is 1. The topological polar surface area (TPSA) is 75.8 Å². The molecule has 6 heteroatoms. The van der Waals surface area contributed by atoms with Crippen molar-refractivity contribution in [2.24, 2.45) is 5.92 Å². The summed E-state index contributed by atoms with van der Waals surface area (Å²) >= 11 is 0. The van der Waals surface area contributed by atoms with Crippen LogP contribution in [0.15, 0.2) is 18.2 Å². The molecule has 2 rings (SSSR count). The summed E-state index contributed by atoms with van der Waals surface area (Å²) in [5.74, 6) is 0.690. The van der Waals surface area contributed by atoms with Crippen LogP contribution >= 0.6 is 0 Å². The van der Waals surface area contributed by atoms with Gasteiger partial charge in [-0.1, -0.05) is 6.92 Å². The van der Waals surface area contributed by atoms with Crippen LogP contribution in [-0.4, -0.2) is 36.3 Å². The normalized spacial score (nSPS) is 23.2. The van der Waals surface area contributed by atoms with Crippen LogP contribution in [0.2, 0.25) is 0 Å². The Morgan fingerprint density at radius 1 is 1.53 bits per heavy atom. The molecule has 1 aliphatic rings. The van der Waals surface area contributed by atoms with Crippen molar-refractivity contribution in [2.75, 3.05) is 25.1 Å². The van der Waals surface area contributed by atoms with E-state index in [4.69, 9.17) is 4.74 Å². The fraction of sp³-hybridized carbons (Fsp3) is 0.538. The number of anilines is 1. The summed E-state index contributed by atoms with van der Waals surface area (Å²) in [5, 5.41) is 21.0. The number of hydrogen-bond donors (Lipinski definition) is 1. The van der Waals surface area contributed by atoms with Crippen LogP contribution in [0.3, 0.4) is 0 Å². The Kier molecular flexibility index (Phi) is 3.90. The molecule has 1 aromatic carbocycles. The maximum atomic E-state index is 11.1. The number of ether oxygens (including phenoxy) is 1. The zero-order valence-electron chi connectivity index (χ0n) is 11.1. The van der Waals surface area contributed by atoms with Crippen molar-refractivity contribution in [1.82, 2.24) is 0 Å². The predicted octanol–water partition coefficient (Wildman–Crippen LogP) is 1.81. The third-order valence-electron chi connectivity index (χ3n) is 3.64. The second kappa shape index (κ2) is 5.44. The Labute approximate surface area is 111 Å². The van der Waals surface area contributed by atoms with Gasteiger partial charge in [-0.3, -0.25) is 10.1 Å². The van der Waals surface area contributed by atoms with E-state index in [-0.39, 0.29) is 11.6 Å². The first-order valence-corrected chi connectivity index (χ1v) is 6.28. The monoisotopic (exact) mass is 266 g/mol. The van der Waals surface area contributed by atoms with Gasteiger partial charge < -0.3 is 14.7 Å². The van der Waals surface area contributed by atoms with Crippen LogP contribution in [0.4, 0.5) is 11.4 Å². The Morgan fingerprint density at radius 3 is 2.84 bits per heavy atom. The molecule has 0 amide bonds. The highest BCUT2D eigenvalue weighted by molar-refractivity contribution is 5.65. The smallest absolute Gasteiger partial charge is 0.296 e. The van der Waals surface area contributed by atoms with Crippen molar-refractivity contribution >= 4 is 11.4 Å². The first-order chi connectivity index (χ1) is 9.02. The van der Waals surface area contributed by atoms with Gasteiger partial charge in [0, 0.05) is 13.1 Å². The summed E-state index contributed by atoms with van der Waals surface area (Å²) in [6, 6.07) is 4.80. The van der Waals surface area contributed by atoms with E-state index in [1.165, 1.54) is 13.2 Å². The van der Waals surface area contributed by atoms with Crippen LogP contribution in [0.5, 0.6) is 5.75 Å². The number of aliphatic hydroxyl groups is 1. The lowest BCUT2D eigenvalue weighted by Crippen LogP contribution is -2.43.